The van der Waals surface area contributed by atoms with E-state index in [1.807, 2.05) is 35.2 Å². The van der Waals surface area contributed by atoms with Crippen molar-refractivity contribution in [1.82, 2.24) is 9.88 Å². The van der Waals surface area contributed by atoms with Crippen LogP contribution in [0.3, 0.4) is 0 Å². The van der Waals surface area contributed by atoms with Crippen LogP contribution in [0.5, 0.6) is 0 Å². The minimum atomic E-state index is -0.869. The van der Waals surface area contributed by atoms with Crippen LogP contribution in [0.1, 0.15) is 48.2 Å². The highest BCUT2D eigenvalue weighted by Gasteiger charge is 2.50. The van der Waals surface area contributed by atoms with Gasteiger partial charge in [0.15, 0.2) is 0 Å². The first kappa shape index (κ1) is 17.0. The lowest BCUT2D eigenvalue weighted by atomic mass is 9.66. The summed E-state index contributed by atoms with van der Waals surface area (Å²) in [4.78, 5) is 19.2. The van der Waals surface area contributed by atoms with Crippen molar-refractivity contribution in [2.75, 3.05) is 12.3 Å². The molecule has 0 bridgehead atoms. The Morgan fingerprint density at radius 3 is 2.73 bits per heavy atom. The lowest BCUT2D eigenvalue weighted by molar-refractivity contribution is -0.110. The van der Waals surface area contributed by atoms with Crippen LogP contribution >= 0.6 is 0 Å². The quantitative estimate of drug-likeness (QED) is 0.872. The summed E-state index contributed by atoms with van der Waals surface area (Å²) in [5.74, 6) is -0.0262. The smallest absolute Gasteiger partial charge is 0.272 e. The number of amides is 1. The number of aromatic nitrogens is 1. The van der Waals surface area contributed by atoms with Gasteiger partial charge in [-0.25, -0.2) is 0 Å². The number of nitrogen functional groups attached to an aromatic ring is 1. The minimum Gasteiger partial charge on any atom is -0.399 e. The molecule has 3 atom stereocenters. The van der Waals surface area contributed by atoms with E-state index in [2.05, 4.69) is 4.98 Å². The van der Waals surface area contributed by atoms with Crippen molar-refractivity contribution in [3.63, 3.8) is 0 Å². The molecule has 5 heteroatoms. The number of hydrogen-bond donors (Lipinski definition) is 2. The largest absolute Gasteiger partial charge is 0.399 e. The molecule has 1 aliphatic carbocycles. The number of nitrogens with zero attached hydrogens (tertiary/aromatic N) is 2. The number of fused-ring (bicyclic) bond motifs is 1. The van der Waals surface area contributed by atoms with E-state index in [1.165, 1.54) is 0 Å². The predicted octanol–water partition coefficient (Wildman–Crippen LogP) is 2.96. The van der Waals surface area contributed by atoms with Crippen molar-refractivity contribution in [2.45, 2.75) is 43.7 Å². The molecule has 2 fully saturated rings. The normalized spacial score (nSPS) is 28.4. The Kier molecular flexibility index (Phi) is 4.41. The minimum absolute atomic E-state index is 0.0402. The summed E-state index contributed by atoms with van der Waals surface area (Å²) >= 11 is 0. The predicted molar refractivity (Wildman–Crippen MR) is 100 cm³/mol. The van der Waals surface area contributed by atoms with E-state index in [4.69, 9.17) is 5.73 Å². The Morgan fingerprint density at radius 1 is 1.19 bits per heavy atom. The standard InChI is InChI=1S/C21H25N3O2/c22-16-10-12-23-18(14-16)20(25)24-13-11-21(26,15-6-2-1-3-7-15)17-8-4-5-9-19(17)24/h1-3,6-7,10,12,14,17,19,26H,4-5,8-9,11,13H2,(H2,22,23)/t17-,19+,21+/m0/s1. The molecule has 1 aromatic heterocycles. The van der Waals surface area contributed by atoms with Gasteiger partial charge in [0, 0.05) is 30.4 Å². The molecule has 0 spiro atoms. The summed E-state index contributed by atoms with van der Waals surface area (Å²) in [6.45, 7) is 0.530. The van der Waals surface area contributed by atoms with Crippen molar-refractivity contribution in [3.8, 4) is 0 Å². The number of carbonyl (C=O) groups is 1. The molecule has 2 heterocycles. The SMILES string of the molecule is Nc1ccnc(C(=O)N2CC[C@@](O)(c3ccccc3)[C@H]3CCCC[C@H]32)c1. The van der Waals surface area contributed by atoms with Gasteiger partial charge in [0.1, 0.15) is 5.69 Å². The number of hydrogen-bond acceptors (Lipinski definition) is 4. The lowest BCUT2D eigenvalue weighted by Gasteiger charge is -2.52. The van der Waals surface area contributed by atoms with Crippen LogP contribution in [0.25, 0.3) is 0 Å². The molecule has 2 aliphatic rings. The average molecular weight is 351 g/mol. The molecule has 1 amide bonds. The summed E-state index contributed by atoms with van der Waals surface area (Å²) in [6, 6.07) is 13.3. The van der Waals surface area contributed by atoms with Gasteiger partial charge in [0.25, 0.3) is 5.91 Å². The molecule has 1 aromatic carbocycles. The number of nitrogens with two attached hydrogens (primary N) is 1. The van der Waals surface area contributed by atoms with Crippen LogP contribution in [0.2, 0.25) is 0 Å². The van der Waals surface area contributed by atoms with Crippen molar-refractivity contribution in [3.05, 3.63) is 59.9 Å². The fraction of sp³-hybridized carbons (Fsp3) is 0.429. The zero-order chi connectivity index (χ0) is 18.1. The number of aliphatic hydroxyl groups is 1. The molecule has 0 unspecified atom stereocenters. The third-order valence-corrected chi connectivity index (χ3v) is 6.01. The average Bonchev–Trinajstić information content (AvgIpc) is 2.69. The molecule has 26 heavy (non-hydrogen) atoms. The van der Waals surface area contributed by atoms with Crippen molar-refractivity contribution >= 4 is 11.6 Å². The molecule has 4 rings (SSSR count). The number of anilines is 1. The second kappa shape index (κ2) is 6.72. The van der Waals surface area contributed by atoms with Crippen LogP contribution in [0.15, 0.2) is 48.7 Å². The number of pyridine rings is 1. The highest BCUT2D eigenvalue weighted by Crippen LogP contribution is 2.47. The van der Waals surface area contributed by atoms with Gasteiger partial charge in [-0.05, 0) is 37.0 Å². The van der Waals surface area contributed by atoms with Crippen LogP contribution in [-0.4, -0.2) is 33.5 Å². The number of rotatable bonds is 2. The summed E-state index contributed by atoms with van der Waals surface area (Å²) in [5.41, 5.74) is 6.85. The van der Waals surface area contributed by atoms with E-state index in [-0.39, 0.29) is 17.9 Å². The monoisotopic (exact) mass is 351 g/mol. The van der Waals surface area contributed by atoms with E-state index in [0.717, 1.165) is 31.2 Å². The van der Waals surface area contributed by atoms with Crippen LogP contribution in [-0.2, 0) is 5.60 Å². The first-order valence-electron chi connectivity index (χ1n) is 9.40. The van der Waals surface area contributed by atoms with Gasteiger partial charge in [-0.15, -0.1) is 0 Å². The zero-order valence-corrected chi connectivity index (χ0v) is 14.8. The lowest BCUT2D eigenvalue weighted by Crippen LogP contribution is -2.59. The summed E-state index contributed by atoms with van der Waals surface area (Å²) in [5, 5.41) is 11.6. The van der Waals surface area contributed by atoms with Crippen molar-refractivity contribution in [2.24, 2.45) is 5.92 Å². The van der Waals surface area contributed by atoms with Gasteiger partial charge in [0.2, 0.25) is 0 Å². The Bertz CT molecular complexity index is 795. The molecule has 2 aromatic rings. The Balaban J connectivity index is 1.66. The maximum atomic E-state index is 13.1. The highest BCUT2D eigenvalue weighted by atomic mass is 16.3. The Morgan fingerprint density at radius 2 is 1.96 bits per heavy atom. The third kappa shape index (κ3) is 2.86. The number of piperidine rings is 1. The summed E-state index contributed by atoms with van der Waals surface area (Å²) in [6.07, 6.45) is 6.16. The Hall–Kier alpha value is -2.40. The topological polar surface area (TPSA) is 79.5 Å². The first-order chi connectivity index (χ1) is 12.6. The van der Waals surface area contributed by atoms with Crippen LogP contribution < -0.4 is 5.73 Å². The maximum absolute atomic E-state index is 13.1. The molecule has 136 valence electrons. The second-order valence-corrected chi connectivity index (χ2v) is 7.47. The van der Waals surface area contributed by atoms with E-state index in [1.54, 1.807) is 18.3 Å². The number of benzene rings is 1. The second-order valence-electron chi connectivity index (χ2n) is 7.47. The van der Waals surface area contributed by atoms with Crippen LogP contribution in [0, 0.1) is 5.92 Å². The zero-order valence-electron chi connectivity index (χ0n) is 14.8. The fourth-order valence-electron chi connectivity index (χ4n) is 4.73. The van der Waals surface area contributed by atoms with E-state index in [9.17, 15) is 9.90 Å². The summed E-state index contributed by atoms with van der Waals surface area (Å²) in [7, 11) is 0. The van der Waals surface area contributed by atoms with E-state index < -0.39 is 5.60 Å². The molecule has 1 saturated heterocycles. The van der Waals surface area contributed by atoms with Gasteiger partial charge in [-0.3, -0.25) is 9.78 Å². The van der Waals surface area contributed by atoms with Gasteiger partial charge in [-0.1, -0.05) is 43.2 Å². The molecule has 0 radical (unpaired) electrons. The van der Waals surface area contributed by atoms with Crippen molar-refractivity contribution in [1.29, 1.82) is 0 Å². The molecule has 5 nitrogen and oxygen atoms in total. The van der Waals surface area contributed by atoms with Gasteiger partial charge < -0.3 is 15.7 Å². The van der Waals surface area contributed by atoms with Gasteiger partial charge >= 0.3 is 0 Å². The van der Waals surface area contributed by atoms with E-state index >= 15 is 0 Å². The van der Waals surface area contributed by atoms with Gasteiger partial charge in [0.05, 0.1) is 5.60 Å². The fourth-order valence-corrected chi connectivity index (χ4v) is 4.73. The van der Waals surface area contributed by atoms with E-state index in [0.29, 0.717) is 24.3 Å². The maximum Gasteiger partial charge on any atom is 0.272 e. The third-order valence-electron chi connectivity index (χ3n) is 6.01. The first-order valence-corrected chi connectivity index (χ1v) is 9.40. The molecule has 1 saturated carbocycles. The van der Waals surface area contributed by atoms with Gasteiger partial charge in [-0.2, -0.15) is 0 Å². The Labute approximate surface area is 153 Å². The highest BCUT2D eigenvalue weighted by molar-refractivity contribution is 5.93. The number of carbonyl (C=O) groups excluding carboxylic acids is 1. The number of likely N-dealkylation sites (tertiary alicyclic amines) is 1. The molecular weight excluding hydrogens is 326 g/mol. The van der Waals surface area contributed by atoms with Crippen molar-refractivity contribution < 1.29 is 9.90 Å². The molecule has 1 aliphatic heterocycles. The molecule has 3 N–H and O–H groups in total. The summed E-state index contributed by atoms with van der Waals surface area (Å²) < 4.78 is 0. The van der Waals surface area contributed by atoms with Crippen LogP contribution in [0.4, 0.5) is 5.69 Å². The molecular formula is C21H25N3O2.